The van der Waals surface area contributed by atoms with Gasteiger partial charge in [0.2, 0.25) is 6.79 Å². The Labute approximate surface area is 135 Å². The molecule has 0 saturated carbocycles. The number of aliphatic hydroxyl groups excluding tert-OH is 1. The fourth-order valence-electron chi connectivity index (χ4n) is 2.32. The maximum absolute atomic E-state index is 10.7. The predicted octanol–water partition coefficient (Wildman–Crippen LogP) is 3.69. The van der Waals surface area contributed by atoms with E-state index in [1.807, 2.05) is 13.8 Å². The van der Waals surface area contributed by atoms with Gasteiger partial charge in [-0.2, -0.15) is 5.10 Å². The van der Waals surface area contributed by atoms with E-state index < -0.39 is 6.10 Å². The van der Waals surface area contributed by atoms with Crippen LogP contribution in [0.15, 0.2) is 22.8 Å². The van der Waals surface area contributed by atoms with E-state index in [1.54, 1.807) is 23.0 Å². The molecule has 1 unspecified atom stereocenters. The van der Waals surface area contributed by atoms with Gasteiger partial charge >= 0.3 is 0 Å². The minimum absolute atomic E-state index is 0.0969. The van der Waals surface area contributed by atoms with Crippen molar-refractivity contribution in [3.8, 4) is 11.5 Å². The molecule has 1 atom stereocenters. The van der Waals surface area contributed by atoms with E-state index in [4.69, 9.17) is 21.1 Å². The van der Waals surface area contributed by atoms with Gasteiger partial charge in [-0.15, -0.1) is 0 Å². The average Bonchev–Trinajstić information content (AvgIpc) is 3.04. The van der Waals surface area contributed by atoms with Gasteiger partial charge in [0, 0.05) is 6.04 Å². The molecule has 21 heavy (non-hydrogen) atoms. The van der Waals surface area contributed by atoms with Crippen LogP contribution in [0, 0.1) is 0 Å². The lowest BCUT2D eigenvalue weighted by atomic mass is 10.1. The van der Waals surface area contributed by atoms with Crippen LogP contribution in [0.5, 0.6) is 11.5 Å². The number of ether oxygens (including phenoxy) is 2. The minimum atomic E-state index is -0.895. The highest BCUT2D eigenvalue weighted by Crippen LogP contribution is 2.42. The van der Waals surface area contributed by atoms with Crippen molar-refractivity contribution < 1.29 is 14.6 Å². The molecule has 0 saturated heterocycles. The van der Waals surface area contributed by atoms with Gasteiger partial charge in [-0.1, -0.05) is 11.6 Å². The molecule has 1 aliphatic rings. The fraction of sp³-hybridized carbons (Fsp3) is 0.357. The van der Waals surface area contributed by atoms with Gasteiger partial charge in [0.15, 0.2) is 11.5 Å². The van der Waals surface area contributed by atoms with Crippen molar-refractivity contribution >= 4 is 27.5 Å². The van der Waals surface area contributed by atoms with Gasteiger partial charge in [0.25, 0.3) is 0 Å². The molecule has 0 spiro atoms. The number of hydrogen-bond acceptors (Lipinski definition) is 4. The zero-order valence-electron chi connectivity index (χ0n) is 11.5. The normalized spacial score (nSPS) is 14.8. The Balaban J connectivity index is 2.05. The Hall–Kier alpha value is -1.24. The van der Waals surface area contributed by atoms with Gasteiger partial charge in [-0.05, 0) is 47.5 Å². The molecule has 112 valence electrons. The first-order valence-electron chi connectivity index (χ1n) is 6.49. The highest BCUT2D eigenvalue weighted by molar-refractivity contribution is 9.10. The van der Waals surface area contributed by atoms with E-state index in [0.29, 0.717) is 27.8 Å². The maximum atomic E-state index is 10.7. The molecule has 0 bridgehead atoms. The highest BCUT2D eigenvalue weighted by Gasteiger charge is 2.25. The number of aromatic nitrogens is 2. The van der Waals surface area contributed by atoms with Crippen molar-refractivity contribution in [3.05, 3.63) is 39.1 Å². The summed E-state index contributed by atoms with van der Waals surface area (Å²) in [4.78, 5) is 0. The SMILES string of the molecule is CC(C)n1ncc(Cl)c1C(O)c1cc(Br)c2c(c1)OCO2. The summed E-state index contributed by atoms with van der Waals surface area (Å²) in [5, 5.41) is 15.3. The maximum Gasteiger partial charge on any atom is 0.231 e. The molecule has 2 aromatic rings. The quantitative estimate of drug-likeness (QED) is 0.891. The summed E-state index contributed by atoms with van der Waals surface area (Å²) in [6.45, 7) is 4.14. The zero-order chi connectivity index (χ0) is 15.1. The first kappa shape index (κ1) is 14.7. The second-order valence-electron chi connectivity index (χ2n) is 5.06. The van der Waals surface area contributed by atoms with Crippen molar-refractivity contribution in [3.63, 3.8) is 0 Å². The summed E-state index contributed by atoms with van der Waals surface area (Å²) in [7, 11) is 0. The van der Waals surface area contributed by atoms with Crippen LogP contribution in [0.2, 0.25) is 5.02 Å². The Morgan fingerprint density at radius 1 is 1.38 bits per heavy atom. The number of rotatable bonds is 3. The number of hydrogen-bond donors (Lipinski definition) is 1. The monoisotopic (exact) mass is 372 g/mol. The van der Waals surface area contributed by atoms with Crippen LogP contribution >= 0.6 is 27.5 Å². The Morgan fingerprint density at radius 3 is 2.86 bits per heavy atom. The molecule has 0 amide bonds. The lowest BCUT2D eigenvalue weighted by Gasteiger charge is -2.17. The Morgan fingerprint density at radius 2 is 2.14 bits per heavy atom. The molecule has 0 fully saturated rings. The molecule has 1 N–H and O–H groups in total. The van der Waals surface area contributed by atoms with Gasteiger partial charge in [-0.3, -0.25) is 4.68 Å². The van der Waals surface area contributed by atoms with Gasteiger partial charge in [0.1, 0.15) is 6.10 Å². The van der Waals surface area contributed by atoms with E-state index >= 15 is 0 Å². The summed E-state index contributed by atoms with van der Waals surface area (Å²) in [6, 6.07) is 3.65. The van der Waals surface area contributed by atoms with E-state index in [2.05, 4.69) is 21.0 Å². The van der Waals surface area contributed by atoms with Gasteiger partial charge < -0.3 is 14.6 Å². The third kappa shape index (κ3) is 2.52. The lowest BCUT2D eigenvalue weighted by Crippen LogP contribution is -2.12. The van der Waals surface area contributed by atoms with Crippen LogP contribution in [-0.2, 0) is 0 Å². The first-order chi connectivity index (χ1) is 9.99. The fourth-order valence-corrected chi connectivity index (χ4v) is 3.13. The molecule has 3 rings (SSSR count). The summed E-state index contributed by atoms with van der Waals surface area (Å²) < 4.78 is 13.2. The van der Waals surface area contributed by atoms with E-state index in [9.17, 15) is 5.11 Å². The second-order valence-corrected chi connectivity index (χ2v) is 6.32. The Bertz CT molecular complexity index is 687. The summed E-state index contributed by atoms with van der Waals surface area (Å²) >= 11 is 9.60. The topological polar surface area (TPSA) is 56.5 Å². The predicted molar refractivity (Wildman–Crippen MR) is 81.9 cm³/mol. The molecule has 1 aromatic carbocycles. The zero-order valence-corrected chi connectivity index (χ0v) is 13.8. The van der Waals surface area contributed by atoms with Crippen LogP contribution in [0.3, 0.4) is 0 Å². The summed E-state index contributed by atoms with van der Waals surface area (Å²) in [5.74, 6) is 1.25. The molecular weight excluding hydrogens is 360 g/mol. The number of nitrogens with zero attached hydrogens (tertiary/aromatic N) is 2. The highest BCUT2D eigenvalue weighted by atomic mass is 79.9. The van der Waals surface area contributed by atoms with Gasteiger partial charge in [0.05, 0.1) is 21.4 Å². The molecule has 2 heterocycles. The third-order valence-corrected chi connectivity index (χ3v) is 4.18. The van der Waals surface area contributed by atoms with Crippen molar-refractivity contribution in [1.82, 2.24) is 9.78 Å². The number of benzene rings is 1. The summed E-state index contributed by atoms with van der Waals surface area (Å²) in [5.41, 5.74) is 1.23. The second kappa shape index (κ2) is 5.51. The summed E-state index contributed by atoms with van der Waals surface area (Å²) in [6.07, 6.45) is 0.649. The Kier molecular flexibility index (Phi) is 3.86. The number of fused-ring (bicyclic) bond motifs is 1. The van der Waals surface area contributed by atoms with Crippen molar-refractivity contribution in [2.45, 2.75) is 26.0 Å². The van der Waals surface area contributed by atoms with Crippen LogP contribution < -0.4 is 9.47 Å². The van der Waals surface area contributed by atoms with Crippen molar-refractivity contribution in [2.75, 3.05) is 6.79 Å². The van der Waals surface area contributed by atoms with Crippen molar-refractivity contribution in [2.24, 2.45) is 0 Å². The first-order valence-corrected chi connectivity index (χ1v) is 7.66. The third-order valence-electron chi connectivity index (χ3n) is 3.30. The van der Waals surface area contributed by atoms with E-state index in [-0.39, 0.29) is 12.8 Å². The van der Waals surface area contributed by atoms with Crippen LogP contribution in [0.1, 0.15) is 37.3 Å². The largest absolute Gasteiger partial charge is 0.454 e. The average molecular weight is 374 g/mol. The van der Waals surface area contributed by atoms with Crippen LogP contribution in [-0.4, -0.2) is 21.7 Å². The molecule has 0 radical (unpaired) electrons. The van der Waals surface area contributed by atoms with Crippen LogP contribution in [0.25, 0.3) is 0 Å². The molecule has 5 nitrogen and oxygen atoms in total. The molecule has 7 heteroatoms. The number of halogens is 2. The van der Waals surface area contributed by atoms with Crippen molar-refractivity contribution in [1.29, 1.82) is 0 Å². The smallest absolute Gasteiger partial charge is 0.231 e. The molecular formula is C14H14BrClN2O3. The van der Waals surface area contributed by atoms with E-state index in [0.717, 1.165) is 4.47 Å². The van der Waals surface area contributed by atoms with Crippen LogP contribution in [0.4, 0.5) is 0 Å². The minimum Gasteiger partial charge on any atom is -0.454 e. The lowest BCUT2D eigenvalue weighted by molar-refractivity contribution is 0.173. The number of aliphatic hydroxyl groups is 1. The van der Waals surface area contributed by atoms with E-state index in [1.165, 1.54) is 0 Å². The molecule has 1 aromatic heterocycles. The molecule has 1 aliphatic heterocycles. The standard InChI is InChI=1S/C14H14BrClN2O3/c1-7(2)18-12(10(16)5-17-18)13(19)8-3-9(15)14-11(4-8)20-6-21-14/h3-5,7,13,19H,6H2,1-2H3. The molecule has 0 aliphatic carbocycles. The van der Waals surface area contributed by atoms with Gasteiger partial charge in [-0.25, -0.2) is 0 Å².